The van der Waals surface area contributed by atoms with Crippen molar-refractivity contribution in [2.45, 2.75) is 24.2 Å². The molecule has 0 radical (unpaired) electrons. The Labute approximate surface area is 154 Å². The van der Waals surface area contributed by atoms with E-state index in [-0.39, 0.29) is 10.9 Å². The van der Waals surface area contributed by atoms with Crippen LogP contribution in [0.15, 0.2) is 59.5 Å². The number of amides is 2. The first-order chi connectivity index (χ1) is 12.4. The van der Waals surface area contributed by atoms with Gasteiger partial charge in [0.15, 0.2) is 9.84 Å². The number of urea groups is 1. The van der Waals surface area contributed by atoms with Crippen LogP contribution in [0.25, 0.3) is 0 Å². The number of anilines is 1. The van der Waals surface area contributed by atoms with Gasteiger partial charge in [0, 0.05) is 25.0 Å². The van der Waals surface area contributed by atoms with Crippen LogP contribution < -0.4 is 5.32 Å². The van der Waals surface area contributed by atoms with Gasteiger partial charge in [-0.3, -0.25) is 0 Å². The quantitative estimate of drug-likeness (QED) is 0.892. The van der Waals surface area contributed by atoms with Crippen LogP contribution in [0, 0.1) is 5.92 Å². The van der Waals surface area contributed by atoms with Crippen molar-refractivity contribution >= 4 is 21.6 Å². The van der Waals surface area contributed by atoms with Crippen LogP contribution >= 0.6 is 0 Å². The van der Waals surface area contributed by atoms with E-state index in [1.807, 2.05) is 11.0 Å². The van der Waals surface area contributed by atoms with Crippen LogP contribution in [0.2, 0.25) is 0 Å². The first-order valence-electron chi connectivity index (χ1n) is 8.82. The van der Waals surface area contributed by atoms with E-state index in [9.17, 15) is 13.2 Å². The minimum atomic E-state index is -3.22. The highest BCUT2D eigenvalue weighted by Gasteiger charge is 2.23. The Morgan fingerprint density at radius 1 is 1.04 bits per heavy atom. The Balaban J connectivity index is 1.50. The summed E-state index contributed by atoms with van der Waals surface area (Å²) in [6.45, 7) is 1.48. The molecule has 0 spiro atoms. The topological polar surface area (TPSA) is 66.5 Å². The number of likely N-dealkylation sites (tertiary alicyclic amines) is 1. The molecule has 2 amide bonds. The third kappa shape index (κ3) is 4.85. The Hall–Kier alpha value is -2.34. The Kier molecular flexibility index (Phi) is 5.61. The molecule has 1 saturated heterocycles. The Bertz CT molecular complexity index is 840. The van der Waals surface area contributed by atoms with Crippen LogP contribution in [-0.4, -0.2) is 38.7 Å². The third-order valence-corrected chi connectivity index (χ3v) is 5.93. The van der Waals surface area contributed by atoms with Gasteiger partial charge >= 0.3 is 6.03 Å². The monoisotopic (exact) mass is 372 g/mol. The first kappa shape index (κ1) is 18.5. The average Bonchev–Trinajstić information content (AvgIpc) is 2.63. The molecule has 3 rings (SSSR count). The van der Waals surface area contributed by atoms with Gasteiger partial charge in [0.2, 0.25) is 0 Å². The van der Waals surface area contributed by atoms with E-state index in [2.05, 4.69) is 29.6 Å². The number of carbonyl (C=O) groups excluding carboxylic acids is 1. The van der Waals surface area contributed by atoms with Gasteiger partial charge in [-0.25, -0.2) is 13.2 Å². The molecule has 0 aromatic heterocycles. The second kappa shape index (κ2) is 7.91. The van der Waals surface area contributed by atoms with Crippen LogP contribution in [0.1, 0.15) is 18.4 Å². The lowest BCUT2D eigenvalue weighted by molar-refractivity contribution is 0.182. The molecule has 1 N–H and O–H groups in total. The summed E-state index contributed by atoms with van der Waals surface area (Å²) < 4.78 is 23.0. The molecule has 1 heterocycles. The maximum absolute atomic E-state index is 12.4. The summed E-state index contributed by atoms with van der Waals surface area (Å²) >= 11 is 0. The van der Waals surface area contributed by atoms with Gasteiger partial charge in [-0.2, -0.15) is 0 Å². The number of carbonyl (C=O) groups is 1. The molecular formula is C20H24N2O3S. The minimum absolute atomic E-state index is 0.129. The highest BCUT2D eigenvalue weighted by Crippen LogP contribution is 2.22. The number of sulfone groups is 1. The number of piperidine rings is 1. The predicted molar refractivity (Wildman–Crippen MR) is 103 cm³/mol. The molecule has 0 saturated carbocycles. The van der Waals surface area contributed by atoms with Crippen LogP contribution in [-0.2, 0) is 16.3 Å². The van der Waals surface area contributed by atoms with Gasteiger partial charge in [-0.05, 0) is 55.0 Å². The van der Waals surface area contributed by atoms with E-state index in [1.54, 1.807) is 12.1 Å². The number of hydrogen-bond acceptors (Lipinski definition) is 3. The number of hydrogen-bond donors (Lipinski definition) is 1. The predicted octanol–water partition coefficient (Wildman–Crippen LogP) is 3.58. The lowest BCUT2D eigenvalue weighted by atomic mass is 9.90. The maximum atomic E-state index is 12.4. The smallest absolute Gasteiger partial charge is 0.321 e. The largest absolute Gasteiger partial charge is 0.325 e. The summed E-state index contributed by atoms with van der Waals surface area (Å²) in [7, 11) is -3.22. The van der Waals surface area contributed by atoms with Crippen molar-refractivity contribution in [2.75, 3.05) is 24.7 Å². The summed E-state index contributed by atoms with van der Waals surface area (Å²) in [5, 5.41) is 2.85. The number of rotatable bonds is 4. The van der Waals surface area contributed by atoms with E-state index >= 15 is 0 Å². The zero-order valence-corrected chi connectivity index (χ0v) is 15.7. The molecule has 138 valence electrons. The lowest BCUT2D eigenvalue weighted by Crippen LogP contribution is -2.41. The molecule has 1 fully saturated rings. The molecule has 26 heavy (non-hydrogen) atoms. The molecule has 1 aliphatic rings. The average molecular weight is 372 g/mol. The van der Waals surface area contributed by atoms with E-state index < -0.39 is 9.84 Å². The SMILES string of the molecule is CS(=O)(=O)c1ccc(NC(=O)N2CCC(Cc3ccccc3)CC2)cc1. The summed E-state index contributed by atoms with van der Waals surface area (Å²) in [4.78, 5) is 14.5. The second-order valence-electron chi connectivity index (χ2n) is 6.85. The van der Waals surface area contributed by atoms with Crippen LogP contribution in [0.5, 0.6) is 0 Å². The van der Waals surface area contributed by atoms with E-state index in [4.69, 9.17) is 0 Å². The van der Waals surface area contributed by atoms with Crippen molar-refractivity contribution in [3.63, 3.8) is 0 Å². The molecule has 2 aromatic rings. The van der Waals surface area contributed by atoms with Crippen molar-refractivity contribution in [1.82, 2.24) is 4.90 Å². The molecule has 0 unspecified atom stereocenters. The van der Waals surface area contributed by atoms with E-state index in [0.717, 1.165) is 32.4 Å². The third-order valence-electron chi connectivity index (χ3n) is 4.80. The number of nitrogens with zero attached hydrogens (tertiary/aromatic N) is 1. The molecule has 0 atom stereocenters. The fraction of sp³-hybridized carbons (Fsp3) is 0.350. The van der Waals surface area contributed by atoms with Gasteiger partial charge in [-0.15, -0.1) is 0 Å². The Morgan fingerprint density at radius 2 is 1.65 bits per heavy atom. The molecule has 0 bridgehead atoms. The van der Waals surface area contributed by atoms with Gasteiger partial charge in [0.1, 0.15) is 0 Å². The molecule has 5 nitrogen and oxygen atoms in total. The molecule has 0 aliphatic carbocycles. The number of nitrogens with one attached hydrogen (secondary N) is 1. The lowest BCUT2D eigenvalue weighted by Gasteiger charge is -2.32. The molecule has 6 heteroatoms. The van der Waals surface area contributed by atoms with Crippen molar-refractivity contribution in [2.24, 2.45) is 5.92 Å². The zero-order valence-electron chi connectivity index (χ0n) is 14.9. The van der Waals surface area contributed by atoms with Crippen molar-refractivity contribution in [3.05, 3.63) is 60.2 Å². The summed E-state index contributed by atoms with van der Waals surface area (Å²) in [5.74, 6) is 0.607. The van der Waals surface area contributed by atoms with Crippen molar-refractivity contribution < 1.29 is 13.2 Å². The highest BCUT2D eigenvalue weighted by molar-refractivity contribution is 7.90. The van der Waals surface area contributed by atoms with Crippen molar-refractivity contribution in [3.8, 4) is 0 Å². The van der Waals surface area contributed by atoms with Crippen LogP contribution in [0.3, 0.4) is 0 Å². The number of benzene rings is 2. The maximum Gasteiger partial charge on any atom is 0.321 e. The summed E-state index contributed by atoms with van der Waals surface area (Å²) in [5.41, 5.74) is 1.95. The minimum Gasteiger partial charge on any atom is -0.325 e. The zero-order chi connectivity index (χ0) is 18.6. The van der Waals surface area contributed by atoms with Crippen LogP contribution in [0.4, 0.5) is 10.5 Å². The van der Waals surface area contributed by atoms with E-state index in [0.29, 0.717) is 11.6 Å². The standard InChI is InChI=1S/C20H24N2O3S/c1-26(24,25)19-9-7-18(8-10-19)21-20(23)22-13-11-17(12-14-22)15-16-5-3-2-4-6-16/h2-10,17H,11-15H2,1H3,(H,21,23). The normalized spacial score (nSPS) is 15.7. The summed E-state index contributed by atoms with van der Waals surface area (Å²) in [6, 6.07) is 16.6. The fourth-order valence-electron chi connectivity index (χ4n) is 3.28. The van der Waals surface area contributed by atoms with Gasteiger partial charge < -0.3 is 10.2 Å². The van der Waals surface area contributed by atoms with Gasteiger partial charge in [0.05, 0.1) is 4.90 Å². The van der Waals surface area contributed by atoms with Gasteiger partial charge in [0.25, 0.3) is 0 Å². The first-order valence-corrected chi connectivity index (χ1v) is 10.7. The second-order valence-corrected chi connectivity index (χ2v) is 8.86. The highest BCUT2D eigenvalue weighted by atomic mass is 32.2. The Morgan fingerprint density at radius 3 is 2.23 bits per heavy atom. The molecule has 1 aliphatic heterocycles. The fourth-order valence-corrected chi connectivity index (χ4v) is 3.91. The van der Waals surface area contributed by atoms with E-state index in [1.165, 1.54) is 24.0 Å². The molecule has 2 aromatic carbocycles. The van der Waals surface area contributed by atoms with Crippen molar-refractivity contribution in [1.29, 1.82) is 0 Å². The molecular weight excluding hydrogens is 348 g/mol. The summed E-state index contributed by atoms with van der Waals surface area (Å²) in [6.07, 6.45) is 4.22. The van der Waals surface area contributed by atoms with Gasteiger partial charge in [-0.1, -0.05) is 30.3 Å².